The van der Waals surface area contributed by atoms with Gasteiger partial charge in [0.1, 0.15) is 11.1 Å². The molecule has 1 atom stereocenters. The summed E-state index contributed by atoms with van der Waals surface area (Å²) in [5, 5.41) is 16.2. The highest BCUT2D eigenvalue weighted by Crippen LogP contribution is 2.31. The van der Waals surface area contributed by atoms with E-state index in [4.69, 9.17) is 21.4 Å². The highest BCUT2D eigenvalue weighted by atomic mass is 35.5. The second-order valence-electron chi connectivity index (χ2n) is 5.00. The number of nitrogens with one attached hydrogen (secondary N) is 1. The van der Waals surface area contributed by atoms with Crippen LogP contribution in [0.4, 0.5) is 5.69 Å². The first-order chi connectivity index (χ1) is 10.3. The van der Waals surface area contributed by atoms with Crippen molar-refractivity contribution in [3.8, 4) is 0 Å². The number of thiazole rings is 1. The van der Waals surface area contributed by atoms with Crippen molar-refractivity contribution < 1.29 is 9.84 Å². The van der Waals surface area contributed by atoms with Gasteiger partial charge >= 0.3 is 0 Å². The number of aliphatic hydroxyl groups is 1. The molecule has 1 aliphatic heterocycles. The number of aliphatic hydroxyl groups excluding tert-OH is 1. The molecule has 1 aromatic carbocycles. The van der Waals surface area contributed by atoms with Crippen molar-refractivity contribution in [3.63, 3.8) is 0 Å². The molecular weight excluding hydrogens is 308 g/mol. The molecule has 0 radical (unpaired) electrons. The van der Waals surface area contributed by atoms with E-state index in [0.717, 1.165) is 41.4 Å². The van der Waals surface area contributed by atoms with Gasteiger partial charge in [0.2, 0.25) is 0 Å². The van der Waals surface area contributed by atoms with Gasteiger partial charge in [0.25, 0.3) is 0 Å². The summed E-state index contributed by atoms with van der Waals surface area (Å²) in [4.78, 5) is 4.62. The summed E-state index contributed by atoms with van der Waals surface area (Å²) in [5.74, 6) is 0. The molecule has 112 valence electrons. The van der Waals surface area contributed by atoms with Gasteiger partial charge in [0, 0.05) is 12.0 Å². The molecular formula is C15H17ClN2O2S. The summed E-state index contributed by atoms with van der Waals surface area (Å²) in [6.45, 7) is 1.45. The Labute approximate surface area is 132 Å². The molecule has 0 saturated carbocycles. The summed E-state index contributed by atoms with van der Waals surface area (Å²) in [5.41, 5.74) is 2.63. The standard InChI is InChI=1S/C15H17ClN2O2S/c16-12-4-3-10(8-19)6-13(12)17-7-11-9-21-15(18-11)14-2-1-5-20-14/h3-4,6,9,14,17,19H,1-2,5,7-8H2. The lowest BCUT2D eigenvalue weighted by Gasteiger charge is -2.08. The Morgan fingerprint density at radius 3 is 3.14 bits per heavy atom. The van der Waals surface area contributed by atoms with Crippen molar-refractivity contribution in [1.82, 2.24) is 4.98 Å². The van der Waals surface area contributed by atoms with E-state index in [1.807, 2.05) is 17.5 Å². The summed E-state index contributed by atoms with van der Waals surface area (Å²) in [7, 11) is 0. The Hall–Kier alpha value is -1.14. The van der Waals surface area contributed by atoms with Gasteiger partial charge in [-0.1, -0.05) is 17.7 Å². The molecule has 3 rings (SSSR count). The Bertz CT molecular complexity index is 611. The van der Waals surface area contributed by atoms with E-state index >= 15 is 0 Å². The molecule has 0 aliphatic carbocycles. The lowest BCUT2D eigenvalue weighted by molar-refractivity contribution is 0.111. The fourth-order valence-electron chi connectivity index (χ4n) is 2.32. The number of aromatic nitrogens is 1. The normalized spacial score (nSPS) is 18.1. The first kappa shape index (κ1) is 14.8. The van der Waals surface area contributed by atoms with Crippen LogP contribution in [0.5, 0.6) is 0 Å². The number of anilines is 1. The molecule has 0 spiro atoms. The molecule has 4 nitrogen and oxygen atoms in total. The van der Waals surface area contributed by atoms with Gasteiger partial charge in [-0.3, -0.25) is 0 Å². The number of halogens is 1. The third kappa shape index (κ3) is 3.55. The number of rotatable bonds is 5. The Morgan fingerprint density at radius 1 is 1.48 bits per heavy atom. The van der Waals surface area contributed by atoms with E-state index < -0.39 is 0 Å². The fraction of sp³-hybridized carbons (Fsp3) is 0.400. The van der Waals surface area contributed by atoms with Crippen molar-refractivity contribution in [2.24, 2.45) is 0 Å². The molecule has 0 amide bonds. The van der Waals surface area contributed by atoms with Crippen molar-refractivity contribution in [3.05, 3.63) is 44.9 Å². The third-order valence-corrected chi connectivity index (χ3v) is 4.76. The zero-order valence-corrected chi connectivity index (χ0v) is 13.1. The smallest absolute Gasteiger partial charge is 0.122 e. The van der Waals surface area contributed by atoms with Crippen LogP contribution < -0.4 is 5.32 Å². The minimum atomic E-state index is 0.00567. The molecule has 1 saturated heterocycles. The average molecular weight is 325 g/mol. The van der Waals surface area contributed by atoms with E-state index in [0.29, 0.717) is 11.6 Å². The van der Waals surface area contributed by atoms with E-state index in [1.54, 1.807) is 17.4 Å². The number of hydrogen-bond acceptors (Lipinski definition) is 5. The molecule has 21 heavy (non-hydrogen) atoms. The highest BCUT2D eigenvalue weighted by Gasteiger charge is 2.20. The van der Waals surface area contributed by atoms with E-state index in [2.05, 4.69) is 10.3 Å². The maximum atomic E-state index is 9.17. The zero-order chi connectivity index (χ0) is 14.7. The molecule has 1 aromatic heterocycles. The van der Waals surface area contributed by atoms with Gasteiger partial charge in [-0.15, -0.1) is 11.3 Å². The van der Waals surface area contributed by atoms with E-state index in [-0.39, 0.29) is 12.7 Å². The predicted octanol–water partition coefficient (Wildman–Crippen LogP) is 3.75. The molecule has 1 aliphatic rings. The summed E-state index contributed by atoms with van der Waals surface area (Å²) < 4.78 is 5.64. The van der Waals surface area contributed by atoms with Crippen LogP contribution in [-0.4, -0.2) is 16.7 Å². The number of nitrogens with zero attached hydrogens (tertiary/aromatic N) is 1. The van der Waals surface area contributed by atoms with Crippen molar-refractivity contribution in [2.75, 3.05) is 11.9 Å². The Morgan fingerprint density at radius 2 is 2.38 bits per heavy atom. The van der Waals surface area contributed by atoms with Gasteiger partial charge in [0.05, 0.1) is 29.6 Å². The average Bonchev–Trinajstić information content (AvgIpc) is 3.17. The van der Waals surface area contributed by atoms with Crippen LogP contribution in [0.3, 0.4) is 0 Å². The van der Waals surface area contributed by atoms with Crippen LogP contribution in [0.15, 0.2) is 23.6 Å². The molecule has 0 bridgehead atoms. The molecule has 1 unspecified atom stereocenters. The molecule has 6 heteroatoms. The lowest BCUT2D eigenvalue weighted by atomic mass is 10.2. The summed E-state index contributed by atoms with van der Waals surface area (Å²) in [6, 6.07) is 5.45. The Balaban J connectivity index is 1.64. The quantitative estimate of drug-likeness (QED) is 0.879. The first-order valence-corrected chi connectivity index (χ1v) is 8.21. The van der Waals surface area contributed by atoms with Crippen LogP contribution in [0.2, 0.25) is 5.02 Å². The Kier molecular flexibility index (Phi) is 4.75. The van der Waals surface area contributed by atoms with Crippen molar-refractivity contribution >= 4 is 28.6 Å². The van der Waals surface area contributed by atoms with Crippen LogP contribution in [-0.2, 0) is 17.9 Å². The van der Waals surface area contributed by atoms with E-state index in [1.165, 1.54) is 0 Å². The van der Waals surface area contributed by atoms with Gasteiger partial charge in [-0.25, -0.2) is 4.98 Å². The maximum absolute atomic E-state index is 9.17. The van der Waals surface area contributed by atoms with Gasteiger partial charge < -0.3 is 15.2 Å². The van der Waals surface area contributed by atoms with Crippen molar-refractivity contribution in [1.29, 1.82) is 0 Å². The van der Waals surface area contributed by atoms with Crippen LogP contribution in [0.1, 0.15) is 35.2 Å². The largest absolute Gasteiger partial charge is 0.392 e. The SMILES string of the molecule is OCc1ccc(Cl)c(NCc2csc(C3CCCO3)n2)c1. The predicted molar refractivity (Wildman–Crippen MR) is 84.7 cm³/mol. The summed E-state index contributed by atoms with van der Waals surface area (Å²) >= 11 is 7.79. The topological polar surface area (TPSA) is 54.4 Å². The van der Waals surface area contributed by atoms with Gasteiger partial charge in [-0.05, 0) is 30.5 Å². The highest BCUT2D eigenvalue weighted by molar-refractivity contribution is 7.09. The molecule has 2 heterocycles. The minimum absolute atomic E-state index is 0.00567. The second kappa shape index (κ2) is 6.75. The number of ether oxygens (including phenoxy) is 1. The molecule has 2 N–H and O–H groups in total. The second-order valence-corrected chi connectivity index (χ2v) is 6.30. The number of benzene rings is 1. The number of hydrogen-bond donors (Lipinski definition) is 2. The summed E-state index contributed by atoms with van der Waals surface area (Å²) in [6.07, 6.45) is 2.34. The van der Waals surface area contributed by atoms with Crippen LogP contribution in [0, 0.1) is 0 Å². The molecule has 1 fully saturated rings. The maximum Gasteiger partial charge on any atom is 0.122 e. The minimum Gasteiger partial charge on any atom is -0.392 e. The lowest BCUT2D eigenvalue weighted by Crippen LogP contribution is -2.02. The molecule has 2 aromatic rings. The fourth-order valence-corrected chi connectivity index (χ4v) is 3.40. The van der Waals surface area contributed by atoms with Crippen molar-refractivity contribution in [2.45, 2.75) is 32.1 Å². The third-order valence-electron chi connectivity index (χ3n) is 3.45. The van der Waals surface area contributed by atoms with Crippen LogP contribution in [0.25, 0.3) is 0 Å². The zero-order valence-electron chi connectivity index (χ0n) is 11.5. The first-order valence-electron chi connectivity index (χ1n) is 6.95. The van der Waals surface area contributed by atoms with Crippen LogP contribution >= 0.6 is 22.9 Å². The van der Waals surface area contributed by atoms with Gasteiger partial charge in [-0.2, -0.15) is 0 Å². The monoisotopic (exact) mass is 324 g/mol. The van der Waals surface area contributed by atoms with E-state index in [9.17, 15) is 0 Å². The van der Waals surface area contributed by atoms with Gasteiger partial charge in [0.15, 0.2) is 0 Å².